The second-order valence-corrected chi connectivity index (χ2v) is 9.89. The third-order valence-electron chi connectivity index (χ3n) is 6.87. The lowest BCUT2D eigenvalue weighted by Gasteiger charge is -2.30. The molecule has 9 heteroatoms. The molecule has 4 aromatic rings. The summed E-state index contributed by atoms with van der Waals surface area (Å²) in [4.78, 5) is 6.80. The molecule has 5 rings (SSSR count). The van der Waals surface area contributed by atoms with Gasteiger partial charge in [-0.2, -0.15) is 5.10 Å². The molecule has 0 unspecified atom stereocenters. The number of rotatable bonds is 6. The van der Waals surface area contributed by atoms with E-state index < -0.39 is 5.82 Å². The Balaban J connectivity index is 1.62. The predicted molar refractivity (Wildman–Crippen MR) is 148 cm³/mol. The Morgan fingerprint density at radius 3 is 2.70 bits per heavy atom. The molecule has 7 nitrogen and oxygen atoms in total. The summed E-state index contributed by atoms with van der Waals surface area (Å²) in [6.07, 6.45) is 5.70. The maximum absolute atomic E-state index is 13.9. The van der Waals surface area contributed by atoms with Gasteiger partial charge in [0.2, 0.25) is 0 Å². The molecule has 0 saturated carbocycles. The number of fused-ring (bicyclic) bond motifs is 1. The molecule has 3 N–H and O–H groups in total. The van der Waals surface area contributed by atoms with Crippen LogP contribution in [0.4, 0.5) is 15.8 Å². The number of aryl methyl sites for hydroxylation is 1. The van der Waals surface area contributed by atoms with Gasteiger partial charge in [-0.3, -0.25) is 0 Å². The Hall–Kier alpha value is -3.62. The van der Waals surface area contributed by atoms with Gasteiger partial charge in [-0.25, -0.2) is 13.9 Å². The fraction of sp³-hybridized carbons (Fsp3) is 0.286. The van der Waals surface area contributed by atoms with Crippen LogP contribution in [-0.4, -0.2) is 53.6 Å². The maximum Gasteiger partial charge on any atom is 0.135 e. The first-order valence-electron chi connectivity index (χ1n) is 12.2. The number of piperidine rings is 1. The molecular formula is C28H30ClFN6O. The number of aliphatic imine (C=N–C) groups is 1. The number of nitrogens with two attached hydrogens (primary N) is 1. The maximum atomic E-state index is 13.9. The number of halogens is 2. The number of amidine groups is 1. The van der Waals surface area contributed by atoms with Gasteiger partial charge in [0.05, 0.1) is 40.8 Å². The van der Waals surface area contributed by atoms with Crippen molar-refractivity contribution in [1.29, 1.82) is 0 Å². The summed E-state index contributed by atoms with van der Waals surface area (Å²) in [6, 6.07) is 12.4. The van der Waals surface area contributed by atoms with Crippen LogP contribution in [0.15, 0.2) is 59.9 Å². The monoisotopic (exact) mass is 520 g/mol. The zero-order chi connectivity index (χ0) is 26.1. The van der Waals surface area contributed by atoms with Crippen LogP contribution in [0.3, 0.4) is 0 Å². The second-order valence-electron chi connectivity index (χ2n) is 9.49. The summed E-state index contributed by atoms with van der Waals surface area (Å²) in [5.74, 6) is 0.594. The lowest BCUT2D eigenvalue weighted by atomic mass is 10.0. The van der Waals surface area contributed by atoms with Crippen molar-refractivity contribution < 1.29 is 9.13 Å². The van der Waals surface area contributed by atoms with Crippen LogP contribution in [0.5, 0.6) is 5.75 Å². The summed E-state index contributed by atoms with van der Waals surface area (Å²) >= 11 is 6.26. The molecule has 1 fully saturated rings. The second kappa shape index (κ2) is 10.4. The molecule has 3 heterocycles. The van der Waals surface area contributed by atoms with Crippen molar-refractivity contribution in [2.75, 3.05) is 32.6 Å². The van der Waals surface area contributed by atoms with Gasteiger partial charge in [0.15, 0.2) is 0 Å². The van der Waals surface area contributed by atoms with Crippen LogP contribution >= 0.6 is 11.6 Å². The van der Waals surface area contributed by atoms with E-state index in [0.717, 1.165) is 59.6 Å². The standard InChI is InChI=1S/C28H30ClFN6O/c1-17-12-21(37-3)5-6-22(17)18-13-26-27(33-20-8-10-35(2)11-9-20)23(15-32-36(26)16-18)28(31)34-25-14-19(30)4-7-24(25)29/h4-7,12-16,20,33H,8-11H2,1-3H3,(H2,31,34). The average molecular weight is 521 g/mol. The SMILES string of the molecule is COc1ccc(-c2cc3c(NC4CCN(C)CC4)c(C(N)=Nc4cc(F)ccc4Cl)cnn3c2)c(C)c1. The number of hydrogen-bond donors (Lipinski definition) is 2. The van der Waals surface area contributed by atoms with Gasteiger partial charge in [0.1, 0.15) is 17.4 Å². The normalized spacial score (nSPS) is 15.3. The molecule has 2 aromatic heterocycles. The number of nitrogens with zero attached hydrogens (tertiary/aromatic N) is 4. The minimum atomic E-state index is -0.430. The van der Waals surface area contributed by atoms with E-state index in [1.807, 2.05) is 22.8 Å². The Labute approximate surface area is 220 Å². The summed E-state index contributed by atoms with van der Waals surface area (Å²) in [5.41, 5.74) is 12.3. The zero-order valence-electron chi connectivity index (χ0n) is 21.1. The van der Waals surface area contributed by atoms with E-state index in [4.69, 9.17) is 22.1 Å². The van der Waals surface area contributed by atoms with Crippen molar-refractivity contribution in [2.24, 2.45) is 10.7 Å². The summed E-state index contributed by atoms with van der Waals surface area (Å²) in [7, 11) is 3.80. The van der Waals surface area contributed by atoms with Gasteiger partial charge < -0.3 is 20.7 Å². The number of benzene rings is 2. The van der Waals surface area contributed by atoms with Gasteiger partial charge in [-0.1, -0.05) is 17.7 Å². The Morgan fingerprint density at radius 2 is 1.97 bits per heavy atom. The van der Waals surface area contributed by atoms with Crippen molar-refractivity contribution >= 4 is 34.3 Å². The lowest BCUT2D eigenvalue weighted by Crippen LogP contribution is -2.37. The average Bonchev–Trinajstić information content (AvgIpc) is 3.32. The summed E-state index contributed by atoms with van der Waals surface area (Å²) in [5, 5.41) is 8.69. The van der Waals surface area contributed by atoms with Crippen molar-refractivity contribution in [3.63, 3.8) is 0 Å². The van der Waals surface area contributed by atoms with Crippen LogP contribution in [0.2, 0.25) is 5.02 Å². The number of nitrogens with one attached hydrogen (secondary N) is 1. The highest BCUT2D eigenvalue weighted by Crippen LogP contribution is 2.33. The summed E-state index contributed by atoms with van der Waals surface area (Å²) < 4.78 is 21.1. The highest BCUT2D eigenvalue weighted by atomic mass is 35.5. The van der Waals surface area contributed by atoms with Crippen molar-refractivity contribution in [2.45, 2.75) is 25.8 Å². The van der Waals surface area contributed by atoms with Gasteiger partial charge in [-0.15, -0.1) is 0 Å². The molecule has 0 radical (unpaired) electrons. The van der Waals surface area contributed by atoms with Gasteiger partial charge >= 0.3 is 0 Å². The topological polar surface area (TPSA) is 80.2 Å². The number of ether oxygens (including phenoxy) is 1. The molecule has 1 saturated heterocycles. The first-order chi connectivity index (χ1) is 17.8. The molecule has 0 spiro atoms. The molecule has 1 aliphatic rings. The quantitative estimate of drug-likeness (QED) is 0.253. The molecule has 1 aliphatic heterocycles. The summed E-state index contributed by atoms with van der Waals surface area (Å²) in [6.45, 7) is 4.08. The fourth-order valence-electron chi connectivity index (χ4n) is 4.76. The number of anilines is 1. The Morgan fingerprint density at radius 1 is 1.19 bits per heavy atom. The van der Waals surface area contributed by atoms with Crippen LogP contribution < -0.4 is 15.8 Å². The fourth-order valence-corrected chi connectivity index (χ4v) is 4.92. The predicted octanol–water partition coefficient (Wildman–Crippen LogP) is 5.65. The van der Waals surface area contributed by atoms with E-state index in [1.165, 1.54) is 18.2 Å². The Bertz CT molecular complexity index is 1480. The number of methoxy groups -OCH3 is 1. The van der Waals surface area contributed by atoms with Crippen LogP contribution in [0, 0.1) is 12.7 Å². The van der Waals surface area contributed by atoms with Crippen molar-refractivity contribution in [1.82, 2.24) is 14.5 Å². The number of aromatic nitrogens is 2. The molecule has 37 heavy (non-hydrogen) atoms. The van der Waals surface area contributed by atoms with E-state index in [0.29, 0.717) is 10.6 Å². The molecule has 0 atom stereocenters. The third-order valence-corrected chi connectivity index (χ3v) is 7.19. The van der Waals surface area contributed by atoms with Crippen molar-refractivity contribution in [3.05, 3.63) is 76.8 Å². The van der Waals surface area contributed by atoms with Crippen LogP contribution in [-0.2, 0) is 0 Å². The van der Waals surface area contributed by atoms with Gasteiger partial charge in [0, 0.05) is 23.9 Å². The minimum absolute atomic E-state index is 0.210. The Kier molecular flexibility index (Phi) is 7.04. The highest BCUT2D eigenvalue weighted by Gasteiger charge is 2.22. The van der Waals surface area contributed by atoms with Crippen LogP contribution in [0.1, 0.15) is 24.0 Å². The smallest absolute Gasteiger partial charge is 0.135 e. The largest absolute Gasteiger partial charge is 0.497 e. The molecular weight excluding hydrogens is 491 g/mol. The third kappa shape index (κ3) is 5.26. The zero-order valence-corrected chi connectivity index (χ0v) is 21.9. The van der Waals surface area contributed by atoms with E-state index in [2.05, 4.69) is 46.4 Å². The van der Waals surface area contributed by atoms with Crippen molar-refractivity contribution in [3.8, 4) is 16.9 Å². The molecule has 0 amide bonds. The molecule has 192 valence electrons. The van der Waals surface area contributed by atoms with E-state index in [9.17, 15) is 4.39 Å². The van der Waals surface area contributed by atoms with E-state index in [-0.39, 0.29) is 17.6 Å². The van der Waals surface area contributed by atoms with Crippen LogP contribution in [0.25, 0.3) is 16.6 Å². The number of hydrogen-bond acceptors (Lipinski definition) is 5. The molecule has 0 aliphatic carbocycles. The van der Waals surface area contributed by atoms with Gasteiger partial charge in [0.25, 0.3) is 0 Å². The van der Waals surface area contributed by atoms with Gasteiger partial charge in [-0.05, 0) is 81.4 Å². The van der Waals surface area contributed by atoms with E-state index in [1.54, 1.807) is 13.3 Å². The molecule has 2 aromatic carbocycles. The first-order valence-corrected chi connectivity index (χ1v) is 12.6. The molecule has 0 bridgehead atoms. The lowest BCUT2D eigenvalue weighted by molar-refractivity contribution is 0.264. The first kappa shape index (κ1) is 25.0. The highest BCUT2D eigenvalue weighted by molar-refractivity contribution is 6.33. The number of likely N-dealkylation sites (tertiary alicyclic amines) is 1. The van der Waals surface area contributed by atoms with E-state index >= 15 is 0 Å². The minimum Gasteiger partial charge on any atom is -0.497 e.